The third-order valence-electron chi connectivity index (χ3n) is 4.54. The second-order valence-electron chi connectivity index (χ2n) is 6.52. The summed E-state index contributed by atoms with van der Waals surface area (Å²) in [6.07, 6.45) is -2.33. The fourth-order valence-corrected chi connectivity index (χ4v) is 3.09. The lowest BCUT2D eigenvalue weighted by molar-refractivity contribution is -0.137. The number of nitrogens with zero attached hydrogens (tertiary/aromatic N) is 3. The van der Waals surface area contributed by atoms with Gasteiger partial charge in [-0.1, -0.05) is 42.5 Å². The lowest BCUT2D eigenvalue weighted by Crippen LogP contribution is -2.04. The summed E-state index contributed by atoms with van der Waals surface area (Å²) < 4.78 is 40.0. The maximum absolute atomic E-state index is 12.8. The van der Waals surface area contributed by atoms with Crippen LogP contribution in [0.1, 0.15) is 22.5 Å². The number of rotatable bonds is 3. The van der Waals surface area contributed by atoms with E-state index in [1.165, 1.54) is 16.5 Å². The lowest BCUT2D eigenvalue weighted by atomic mass is 10.1. The number of aryl methyl sites for hydroxylation is 1. The molecule has 0 aliphatic rings. The number of aromatic hydroxyl groups is 1. The minimum absolute atomic E-state index is 0.0140. The first-order chi connectivity index (χ1) is 13.3. The molecule has 4 nitrogen and oxygen atoms in total. The Morgan fingerprint density at radius 3 is 2.29 bits per heavy atom. The minimum atomic E-state index is -4.39. The molecule has 0 radical (unpaired) electrons. The maximum atomic E-state index is 12.8. The van der Waals surface area contributed by atoms with Crippen molar-refractivity contribution >= 4 is 5.65 Å². The molecule has 0 amide bonds. The molecule has 0 spiro atoms. The number of benzene rings is 2. The second kappa shape index (κ2) is 6.67. The molecule has 1 N–H and O–H groups in total. The van der Waals surface area contributed by atoms with Crippen molar-refractivity contribution < 1.29 is 18.3 Å². The Morgan fingerprint density at radius 2 is 1.64 bits per heavy atom. The highest BCUT2D eigenvalue weighted by Crippen LogP contribution is 2.31. The zero-order valence-electron chi connectivity index (χ0n) is 14.9. The van der Waals surface area contributed by atoms with Crippen LogP contribution in [0.4, 0.5) is 13.2 Å². The molecule has 2 aromatic heterocycles. The van der Waals surface area contributed by atoms with E-state index in [-0.39, 0.29) is 5.88 Å². The predicted molar refractivity (Wildman–Crippen MR) is 99.1 cm³/mol. The van der Waals surface area contributed by atoms with E-state index in [4.69, 9.17) is 0 Å². The van der Waals surface area contributed by atoms with Crippen LogP contribution in [-0.4, -0.2) is 19.5 Å². The normalized spacial score (nSPS) is 11.9. The Bertz CT molecular complexity index is 1130. The zero-order valence-corrected chi connectivity index (χ0v) is 14.9. The molecule has 0 saturated heterocycles. The first-order valence-corrected chi connectivity index (χ1v) is 8.62. The molecular weight excluding hydrogens is 367 g/mol. The zero-order chi connectivity index (χ0) is 19.9. The average molecular weight is 383 g/mol. The van der Waals surface area contributed by atoms with Crippen LogP contribution >= 0.6 is 0 Å². The Morgan fingerprint density at radius 1 is 0.964 bits per heavy atom. The highest BCUT2D eigenvalue weighted by Gasteiger charge is 2.30. The summed E-state index contributed by atoms with van der Waals surface area (Å²) in [5, 5.41) is 10.3. The van der Waals surface area contributed by atoms with Crippen molar-refractivity contribution in [2.24, 2.45) is 0 Å². The first kappa shape index (κ1) is 18.0. The minimum Gasteiger partial charge on any atom is -0.493 e. The Hall–Kier alpha value is -3.35. The van der Waals surface area contributed by atoms with Gasteiger partial charge < -0.3 is 5.11 Å². The molecule has 0 aliphatic heterocycles. The molecule has 4 rings (SSSR count). The topological polar surface area (TPSA) is 50.4 Å². The maximum Gasteiger partial charge on any atom is 0.416 e. The van der Waals surface area contributed by atoms with Gasteiger partial charge >= 0.3 is 6.18 Å². The molecule has 0 aliphatic carbocycles. The third kappa shape index (κ3) is 3.31. The van der Waals surface area contributed by atoms with Crippen LogP contribution in [0.3, 0.4) is 0 Å². The van der Waals surface area contributed by atoms with Crippen molar-refractivity contribution in [3.05, 3.63) is 83.3 Å². The first-order valence-electron chi connectivity index (χ1n) is 8.62. The molecule has 0 atom stereocenters. The number of fused-ring (bicyclic) bond motifs is 1. The highest BCUT2D eigenvalue weighted by atomic mass is 19.4. The fraction of sp³-hybridized carbons (Fsp3) is 0.143. The molecular formula is C21H16F3N3O. The van der Waals surface area contributed by atoms with E-state index in [0.29, 0.717) is 34.7 Å². The molecule has 4 aromatic rings. The van der Waals surface area contributed by atoms with Gasteiger partial charge in [0.1, 0.15) is 5.69 Å². The van der Waals surface area contributed by atoms with Crippen LogP contribution in [0.25, 0.3) is 16.9 Å². The Kier molecular flexibility index (Phi) is 4.30. The van der Waals surface area contributed by atoms with Crippen molar-refractivity contribution in [2.75, 3.05) is 0 Å². The van der Waals surface area contributed by atoms with E-state index >= 15 is 0 Å². The van der Waals surface area contributed by atoms with Gasteiger partial charge in [-0.05, 0) is 24.6 Å². The molecule has 0 bridgehead atoms. The summed E-state index contributed by atoms with van der Waals surface area (Å²) in [4.78, 5) is 9.03. The fourth-order valence-electron chi connectivity index (χ4n) is 3.09. The monoisotopic (exact) mass is 383 g/mol. The number of hydrogen-bond acceptors (Lipinski definition) is 3. The van der Waals surface area contributed by atoms with Crippen molar-refractivity contribution in [1.82, 2.24) is 14.4 Å². The van der Waals surface area contributed by atoms with Gasteiger partial charge in [0.05, 0.1) is 17.0 Å². The molecule has 0 fully saturated rings. The van der Waals surface area contributed by atoms with Crippen LogP contribution in [0, 0.1) is 6.92 Å². The molecule has 142 valence electrons. The van der Waals surface area contributed by atoms with E-state index in [1.54, 1.807) is 13.1 Å². The SMILES string of the molecule is Cc1nc2c(Cc3ccccc3)nc(-c3ccc(C(F)(F)F)cc3)cn2c1O. The van der Waals surface area contributed by atoms with Gasteiger partial charge in [0, 0.05) is 18.2 Å². The van der Waals surface area contributed by atoms with E-state index in [0.717, 1.165) is 17.7 Å². The van der Waals surface area contributed by atoms with Crippen LogP contribution < -0.4 is 0 Å². The van der Waals surface area contributed by atoms with Gasteiger partial charge in [0.25, 0.3) is 0 Å². The van der Waals surface area contributed by atoms with Gasteiger partial charge in [-0.15, -0.1) is 0 Å². The highest BCUT2D eigenvalue weighted by molar-refractivity contribution is 5.63. The van der Waals surface area contributed by atoms with Gasteiger partial charge in [-0.2, -0.15) is 13.2 Å². The average Bonchev–Trinajstić information content (AvgIpc) is 2.97. The van der Waals surface area contributed by atoms with Crippen molar-refractivity contribution in [3.8, 4) is 17.1 Å². The molecule has 7 heteroatoms. The second-order valence-corrected chi connectivity index (χ2v) is 6.52. The summed E-state index contributed by atoms with van der Waals surface area (Å²) in [7, 11) is 0. The van der Waals surface area contributed by atoms with Gasteiger partial charge in [0.15, 0.2) is 5.65 Å². The van der Waals surface area contributed by atoms with Crippen molar-refractivity contribution in [1.29, 1.82) is 0 Å². The number of halogens is 3. The lowest BCUT2D eigenvalue weighted by Gasteiger charge is -2.10. The largest absolute Gasteiger partial charge is 0.493 e. The molecule has 2 aromatic carbocycles. The van der Waals surface area contributed by atoms with Crippen molar-refractivity contribution in [3.63, 3.8) is 0 Å². The molecule has 28 heavy (non-hydrogen) atoms. The Balaban J connectivity index is 1.84. The summed E-state index contributed by atoms with van der Waals surface area (Å²) in [6.45, 7) is 1.69. The standard InChI is InChI=1S/C21H16F3N3O/c1-13-20(28)27-12-18(15-7-9-16(10-8-15)21(22,23)24)26-17(19(27)25-13)11-14-5-3-2-4-6-14/h2-10,12,28H,11H2,1H3. The molecule has 0 saturated carbocycles. The number of aromatic nitrogens is 3. The van der Waals surface area contributed by atoms with E-state index in [1.807, 2.05) is 30.3 Å². The number of imidazole rings is 1. The van der Waals surface area contributed by atoms with Gasteiger partial charge in [-0.25, -0.2) is 9.97 Å². The Labute approximate surface area is 158 Å². The summed E-state index contributed by atoms with van der Waals surface area (Å²) in [5.41, 5.74) is 2.89. The van der Waals surface area contributed by atoms with Crippen LogP contribution in [0.2, 0.25) is 0 Å². The predicted octanol–water partition coefficient (Wildman–Crippen LogP) is 5.02. The van der Waals surface area contributed by atoms with Gasteiger partial charge in [0.2, 0.25) is 5.88 Å². The van der Waals surface area contributed by atoms with E-state index in [9.17, 15) is 18.3 Å². The summed E-state index contributed by atoms with van der Waals surface area (Å²) >= 11 is 0. The van der Waals surface area contributed by atoms with Crippen LogP contribution in [0.15, 0.2) is 60.8 Å². The third-order valence-corrected chi connectivity index (χ3v) is 4.54. The van der Waals surface area contributed by atoms with E-state index in [2.05, 4.69) is 9.97 Å². The number of hydrogen-bond donors (Lipinski definition) is 1. The molecule has 0 unspecified atom stereocenters. The summed E-state index contributed by atoms with van der Waals surface area (Å²) in [5.74, 6) is -0.0140. The van der Waals surface area contributed by atoms with E-state index < -0.39 is 11.7 Å². The quantitative estimate of drug-likeness (QED) is 0.540. The van der Waals surface area contributed by atoms with Crippen LogP contribution in [0.5, 0.6) is 5.88 Å². The van der Waals surface area contributed by atoms with Crippen LogP contribution in [-0.2, 0) is 12.6 Å². The molecule has 2 heterocycles. The van der Waals surface area contributed by atoms with Crippen molar-refractivity contribution in [2.45, 2.75) is 19.5 Å². The smallest absolute Gasteiger partial charge is 0.416 e. The number of alkyl halides is 3. The van der Waals surface area contributed by atoms with Gasteiger partial charge in [-0.3, -0.25) is 4.40 Å². The summed E-state index contributed by atoms with van der Waals surface area (Å²) in [6, 6.07) is 14.5.